The van der Waals surface area contributed by atoms with Crippen LogP contribution in [0.5, 0.6) is 0 Å². The third kappa shape index (κ3) is 3.26. The van der Waals surface area contributed by atoms with E-state index in [0.717, 1.165) is 24.3 Å². The highest BCUT2D eigenvalue weighted by atomic mass is 32.2. The molecule has 0 spiro atoms. The fourth-order valence-electron chi connectivity index (χ4n) is 4.90. The van der Waals surface area contributed by atoms with Gasteiger partial charge in [0.25, 0.3) is 0 Å². The number of aromatic nitrogens is 1. The van der Waals surface area contributed by atoms with Crippen molar-refractivity contribution in [3.8, 4) is 10.6 Å². The molecule has 160 valence electrons. The topological polar surface area (TPSA) is 19.1 Å². The lowest BCUT2D eigenvalue weighted by atomic mass is 10.1. The van der Waals surface area contributed by atoms with Gasteiger partial charge in [0.15, 0.2) is 0 Å². The van der Waals surface area contributed by atoms with Crippen molar-refractivity contribution in [3.63, 3.8) is 0 Å². The maximum Gasteiger partial charge on any atom is 0.201 e. The summed E-state index contributed by atoms with van der Waals surface area (Å²) in [5, 5.41) is 1.32. The van der Waals surface area contributed by atoms with Gasteiger partial charge < -0.3 is 4.90 Å². The number of para-hydroxylation sites is 2. The molecular weight excluding hydrogens is 442 g/mol. The fraction of sp³-hybridized carbons (Fsp3) is 0.143. The lowest BCUT2D eigenvalue weighted by Gasteiger charge is -2.32. The van der Waals surface area contributed by atoms with Crippen LogP contribution in [0, 0.1) is 0 Å². The zero-order chi connectivity index (χ0) is 21.8. The summed E-state index contributed by atoms with van der Waals surface area (Å²) in [6.07, 6.45) is 2.58. The summed E-state index contributed by atoms with van der Waals surface area (Å²) in [5.41, 5.74) is 5.77. The summed E-state index contributed by atoms with van der Waals surface area (Å²) in [4.78, 5) is 11.2. The van der Waals surface area contributed by atoms with E-state index in [1.165, 1.54) is 54.6 Å². The van der Waals surface area contributed by atoms with Crippen LogP contribution in [0.3, 0.4) is 0 Å². The quantitative estimate of drug-likeness (QED) is 0.195. The van der Waals surface area contributed by atoms with Crippen molar-refractivity contribution >= 4 is 50.4 Å². The van der Waals surface area contributed by atoms with Gasteiger partial charge in [-0.25, -0.2) is 9.56 Å². The van der Waals surface area contributed by atoms with Crippen molar-refractivity contribution in [1.29, 1.82) is 0 Å². The van der Waals surface area contributed by atoms with E-state index in [-0.39, 0.29) is 0 Å². The molecule has 0 N–H and O–H groups in total. The summed E-state index contributed by atoms with van der Waals surface area (Å²) in [5.74, 6) is 0. The highest BCUT2D eigenvalue weighted by Crippen LogP contribution is 2.51. The van der Waals surface area contributed by atoms with E-state index in [1.54, 1.807) is 0 Å². The number of hydrogen-bond donors (Lipinski definition) is 0. The zero-order valence-electron chi connectivity index (χ0n) is 18.1. The Hall–Kier alpha value is -3.15. The van der Waals surface area contributed by atoms with E-state index in [2.05, 4.69) is 94.4 Å². The van der Waals surface area contributed by atoms with E-state index in [4.69, 9.17) is 4.98 Å². The van der Waals surface area contributed by atoms with Crippen LogP contribution in [0.4, 0.5) is 17.1 Å². The van der Waals surface area contributed by atoms with Crippen molar-refractivity contribution in [3.05, 3.63) is 90.3 Å². The van der Waals surface area contributed by atoms with Gasteiger partial charge in [-0.15, -0.1) is 11.3 Å². The largest absolute Gasteiger partial charge is 0.308 e. The van der Waals surface area contributed by atoms with E-state index in [9.17, 15) is 0 Å². The van der Waals surface area contributed by atoms with Crippen LogP contribution < -0.4 is 14.8 Å². The Bertz CT molecular complexity index is 1520. The minimum atomic E-state index is 1.05. The van der Waals surface area contributed by atoms with Gasteiger partial charge in [-0.2, -0.15) is 0 Å². The first kappa shape index (κ1) is 19.3. The normalized spacial score (nSPS) is 15.2. The summed E-state index contributed by atoms with van der Waals surface area (Å²) in [6, 6.07) is 30.8. The molecular formula is C28H22N3S2+. The summed E-state index contributed by atoms with van der Waals surface area (Å²) in [6.45, 7) is 2.32. The Morgan fingerprint density at radius 3 is 2.24 bits per heavy atom. The smallest absolute Gasteiger partial charge is 0.201 e. The van der Waals surface area contributed by atoms with E-state index in [1.807, 2.05) is 23.1 Å². The first-order valence-electron chi connectivity index (χ1n) is 11.4. The van der Waals surface area contributed by atoms with Crippen LogP contribution in [-0.2, 0) is 0 Å². The number of nitrogens with zero attached hydrogens (tertiary/aromatic N) is 3. The van der Waals surface area contributed by atoms with Gasteiger partial charge in [-0.05, 0) is 48.5 Å². The monoisotopic (exact) mass is 464 g/mol. The molecule has 0 amide bonds. The zero-order valence-corrected chi connectivity index (χ0v) is 19.7. The van der Waals surface area contributed by atoms with Crippen LogP contribution in [-0.4, -0.2) is 18.1 Å². The predicted molar refractivity (Wildman–Crippen MR) is 139 cm³/mol. The molecule has 1 fully saturated rings. The molecule has 3 aliphatic heterocycles. The lowest BCUT2D eigenvalue weighted by molar-refractivity contribution is 0.694. The molecule has 1 saturated heterocycles. The minimum absolute atomic E-state index is 1.05. The molecule has 1 aliphatic carbocycles. The van der Waals surface area contributed by atoms with Crippen LogP contribution in [0.25, 0.3) is 20.8 Å². The SMILES string of the molecule is c1ccc2c(c1)Sc1ccccc1N2c1ccc2nc3ccc(=[N+]4CCCC4)cc-3sc2c1. The molecule has 0 radical (unpaired) electrons. The van der Waals surface area contributed by atoms with Crippen LogP contribution >= 0.6 is 23.1 Å². The van der Waals surface area contributed by atoms with E-state index >= 15 is 0 Å². The lowest BCUT2D eigenvalue weighted by Crippen LogP contribution is -2.26. The van der Waals surface area contributed by atoms with E-state index in [0.29, 0.717) is 0 Å². The Kier molecular flexibility index (Phi) is 4.52. The standard InChI is InChI=1S/C28H22N3S2/c1-3-9-25-23(7-1)31(24-8-2-4-10-26(24)32-25)20-12-14-22-28(18-20)33-27-17-19(11-13-21(27)29-22)30-15-5-6-16-30/h1-4,7-14,17-18H,5-6,15-16H2/q+1. The van der Waals surface area contributed by atoms with Gasteiger partial charge in [0, 0.05) is 40.5 Å². The van der Waals surface area contributed by atoms with Crippen molar-refractivity contribution < 1.29 is 0 Å². The highest BCUT2D eigenvalue weighted by Gasteiger charge is 2.24. The first-order chi connectivity index (χ1) is 16.3. The number of rotatable bonds is 1. The van der Waals surface area contributed by atoms with E-state index < -0.39 is 0 Å². The fourth-order valence-corrected chi connectivity index (χ4v) is 6.99. The Morgan fingerprint density at radius 2 is 1.48 bits per heavy atom. The molecule has 0 saturated carbocycles. The predicted octanol–water partition coefficient (Wildman–Crippen LogP) is 6.90. The molecule has 3 nitrogen and oxygen atoms in total. The maximum absolute atomic E-state index is 4.99. The Morgan fingerprint density at radius 1 is 0.758 bits per heavy atom. The Balaban J connectivity index is 1.42. The molecule has 0 atom stereocenters. The molecule has 0 bridgehead atoms. The molecule has 4 aliphatic rings. The maximum atomic E-state index is 4.99. The molecule has 33 heavy (non-hydrogen) atoms. The highest BCUT2D eigenvalue weighted by molar-refractivity contribution is 7.99. The summed E-state index contributed by atoms with van der Waals surface area (Å²) < 4.78 is 3.71. The van der Waals surface area contributed by atoms with Gasteiger partial charge >= 0.3 is 0 Å². The van der Waals surface area contributed by atoms with Crippen LogP contribution in [0.15, 0.2) is 94.7 Å². The Labute approximate surface area is 201 Å². The van der Waals surface area contributed by atoms with Gasteiger partial charge in [0.05, 0.1) is 32.2 Å². The number of fused-ring (bicyclic) bond motifs is 4. The van der Waals surface area contributed by atoms with Gasteiger partial charge in [0.1, 0.15) is 13.1 Å². The second-order valence-corrected chi connectivity index (χ2v) is 10.8. The third-order valence-corrected chi connectivity index (χ3v) is 8.73. The molecule has 7 rings (SSSR count). The van der Waals surface area contributed by atoms with Crippen LogP contribution in [0.1, 0.15) is 12.8 Å². The second kappa shape index (κ2) is 7.72. The summed E-state index contributed by atoms with van der Waals surface area (Å²) >= 11 is 3.69. The third-order valence-electron chi connectivity index (χ3n) is 6.51. The van der Waals surface area contributed by atoms with Crippen molar-refractivity contribution in [1.82, 2.24) is 9.56 Å². The number of anilines is 3. The second-order valence-electron chi connectivity index (χ2n) is 8.58. The summed E-state index contributed by atoms with van der Waals surface area (Å²) in [7, 11) is 0. The molecule has 3 aromatic rings. The average molecular weight is 465 g/mol. The first-order valence-corrected chi connectivity index (χ1v) is 13.1. The molecule has 0 aromatic heterocycles. The molecule has 0 unspecified atom stereocenters. The van der Waals surface area contributed by atoms with Crippen molar-refractivity contribution in [2.75, 3.05) is 18.0 Å². The van der Waals surface area contributed by atoms with Gasteiger partial charge in [-0.3, -0.25) is 0 Å². The molecule has 3 aromatic carbocycles. The minimum Gasteiger partial charge on any atom is -0.308 e. The molecule has 5 heteroatoms. The van der Waals surface area contributed by atoms with Crippen molar-refractivity contribution in [2.24, 2.45) is 0 Å². The van der Waals surface area contributed by atoms with Crippen LogP contribution in [0.2, 0.25) is 0 Å². The van der Waals surface area contributed by atoms with Gasteiger partial charge in [0.2, 0.25) is 5.36 Å². The molecule has 3 heterocycles. The number of benzene rings is 4. The number of hydrogen-bond acceptors (Lipinski definition) is 4. The van der Waals surface area contributed by atoms with Crippen molar-refractivity contribution in [2.45, 2.75) is 22.6 Å². The average Bonchev–Trinajstić information content (AvgIpc) is 3.40. The van der Waals surface area contributed by atoms with Gasteiger partial charge in [-0.1, -0.05) is 36.0 Å².